The van der Waals surface area contributed by atoms with Crippen LogP contribution in [0.1, 0.15) is 53.9 Å². The lowest BCUT2D eigenvalue weighted by Gasteiger charge is -2.21. The second-order valence-electron chi connectivity index (χ2n) is 10.3. The molecule has 5 rings (SSSR count). The Morgan fingerprint density at radius 2 is 1.83 bits per heavy atom. The van der Waals surface area contributed by atoms with Gasteiger partial charge in [-0.25, -0.2) is 9.37 Å². The topological polar surface area (TPSA) is 103 Å². The van der Waals surface area contributed by atoms with E-state index in [-0.39, 0.29) is 16.2 Å². The minimum Gasteiger partial charge on any atom is -0.496 e. The lowest BCUT2D eigenvalue weighted by atomic mass is 9.86. The predicted octanol–water partition coefficient (Wildman–Crippen LogP) is 8.08. The van der Waals surface area contributed by atoms with Gasteiger partial charge in [-0.2, -0.15) is 0 Å². The zero-order valence-electron chi connectivity index (χ0n) is 23.1. The van der Waals surface area contributed by atoms with Crippen LogP contribution in [0.4, 0.5) is 9.52 Å². The number of aryl methyl sites for hydroxylation is 1. The lowest BCUT2D eigenvalue weighted by Crippen LogP contribution is -2.20. The fourth-order valence-electron chi connectivity index (χ4n) is 5.62. The number of ether oxygens (including phenoxy) is 2. The van der Waals surface area contributed by atoms with E-state index in [0.717, 1.165) is 28.4 Å². The number of halogens is 3. The third-order valence-electron chi connectivity index (χ3n) is 7.59. The monoisotopic (exact) mass is 633 g/mol. The summed E-state index contributed by atoms with van der Waals surface area (Å²) in [5.74, 6) is -0.964. The smallest absolute Gasteiger partial charge is 0.323 e. The SMILES string of the molecule is COc1cc(-c2nc(NC(=O)c3cc4cc(Cl)cc(F)c4n3CC(=O)O)sc2CCC2CCCCC2)c(OC)cc1Cl. The zero-order valence-corrected chi connectivity index (χ0v) is 25.5. The molecule has 1 saturated carbocycles. The number of thiazole rings is 1. The minimum absolute atomic E-state index is 0.0158. The first kappa shape index (κ1) is 30.1. The van der Waals surface area contributed by atoms with Crippen LogP contribution in [-0.2, 0) is 17.8 Å². The van der Waals surface area contributed by atoms with Crippen molar-refractivity contribution in [3.8, 4) is 22.8 Å². The van der Waals surface area contributed by atoms with Crippen molar-refractivity contribution in [3.05, 3.63) is 56.8 Å². The molecule has 2 N–H and O–H groups in total. The molecule has 2 aromatic heterocycles. The molecular formula is C30H30Cl2FN3O5S. The summed E-state index contributed by atoms with van der Waals surface area (Å²) < 4.78 is 27.0. The van der Waals surface area contributed by atoms with Crippen LogP contribution in [0.25, 0.3) is 22.2 Å². The number of amides is 1. The second-order valence-corrected chi connectivity index (χ2v) is 12.2. The first-order valence-electron chi connectivity index (χ1n) is 13.6. The van der Waals surface area contributed by atoms with Crippen LogP contribution in [0, 0.1) is 11.7 Å². The number of aliphatic carboxylic acids is 1. The lowest BCUT2D eigenvalue weighted by molar-refractivity contribution is -0.137. The molecule has 0 spiro atoms. The van der Waals surface area contributed by atoms with Gasteiger partial charge in [0.15, 0.2) is 5.13 Å². The van der Waals surface area contributed by atoms with E-state index in [1.54, 1.807) is 19.2 Å². The molecular weight excluding hydrogens is 604 g/mol. The molecule has 0 radical (unpaired) electrons. The number of carbonyl (C=O) groups excluding carboxylic acids is 1. The highest BCUT2D eigenvalue weighted by molar-refractivity contribution is 7.16. The maximum atomic E-state index is 14.8. The van der Waals surface area contributed by atoms with E-state index in [1.807, 2.05) is 0 Å². The van der Waals surface area contributed by atoms with E-state index in [9.17, 15) is 19.1 Å². The summed E-state index contributed by atoms with van der Waals surface area (Å²) in [6.07, 6.45) is 7.89. The van der Waals surface area contributed by atoms with Crippen LogP contribution in [0.5, 0.6) is 11.5 Å². The van der Waals surface area contributed by atoms with Gasteiger partial charge in [-0.1, -0.05) is 55.3 Å². The molecule has 0 aliphatic heterocycles. The Bertz CT molecular complexity index is 1650. The number of anilines is 1. The highest BCUT2D eigenvalue weighted by Crippen LogP contribution is 2.43. The van der Waals surface area contributed by atoms with Crippen molar-refractivity contribution in [1.82, 2.24) is 9.55 Å². The molecule has 0 unspecified atom stereocenters. The van der Waals surface area contributed by atoms with Gasteiger partial charge in [-0.05, 0) is 43.0 Å². The number of rotatable bonds is 10. The van der Waals surface area contributed by atoms with Crippen LogP contribution in [-0.4, -0.2) is 40.8 Å². The Labute approximate surface area is 256 Å². The van der Waals surface area contributed by atoms with E-state index in [2.05, 4.69) is 5.32 Å². The summed E-state index contributed by atoms with van der Waals surface area (Å²) in [5.41, 5.74) is 1.27. The second kappa shape index (κ2) is 12.9. The first-order chi connectivity index (χ1) is 20.2. The van der Waals surface area contributed by atoms with Crippen molar-refractivity contribution in [1.29, 1.82) is 0 Å². The first-order valence-corrected chi connectivity index (χ1v) is 15.2. The Morgan fingerprint density at radius 1 is 1.10 bits per heavy atom. The minimum atomic E-state index is -1.22. The average molecular weight is 635 g/mol. The van der Waals surface area contributed by atoms with E-state index in [1.165, 1.54) is 62.7 Å². The molecule has 0 atom stereocenters. The quantitative estimate of drug-likeness (QED) is 0.183. The zero-order chi connectivity index (χ0) is 30.0. The third kappa shape index (κ3) is 6.35. The van der Waals surface area contributed by atoms with E-state index >= 15 is 0 Å². The molecule has 2 aromatic carbocycles. The summed E-state index contributed by atoms with van der Waals surface area (Å²) in [6.45, 7) is -0.609. The molecule has 0 saturated heterocycles. The number of hydrogen-bond acceptors (Lipinski definition) is 6. The summed E-state index contributed by atoms with van der Waals surface area (Å²) >= 11 is 13.7. The van der Waals surface area contributed by atoms with Crippen molar-refractivity contribution < 1.29 is 28.6 Å². The van der Waals surface area contributed by atoms with Crippen molar-refractivity contribution >= 4 is 62.4 Å². The molecule has 1 amide bonds. The Balaban J connectivity index is 1.53. The number of fused-ring (bicyclic) bond motifs is 1. The van der Waals surface area contributed by atoms with Crippen LogP contribution in [0.3, 0.4) is 0 Å². The maximum Gasteiger partial charge on any atom is 0.323 e. The molecule has 222 valence electrons. The number of carboxylic acids is 1. The van der Waals surface area contributed by atoms with Gasteiger partial charge < -0.3 is 19.1 Å². The summed E-state index contributed by atoms with van der Waals surface area (Å²) in [5, 5.41) is 13.5. The van der Waals surface area contributed by atoms with Gasteiger partial charge >= 0.3 is 5.97 Å². The van der Waals surface area contributed by atoms with Gasteiger partial charge in [-0.3, -0.25) is 14.9 Å². The highest BCUT2D eigenvalue weighted by atomic mass is 35.5. The van der Waals surface area contributed by atoms with Gasteiger partial charge in [0.2, 0.25) is 0 Å². The summed E-state index contributed by atoms with van der Waals surface area (Å²) in [6, 6.07) is 7.43. The molecule has 8 nitrogen and oxygen atoms in total. The number of carboxylic acid groups (broad SMARTS) is 1. The van der Waals surface area contributed by atoms with Crippen LogP contribution in [0.2, 0.25) is 10.0 Å². The molecule has 12 heteroatoms. The van der Waals surface area contributed by atoms with Crippen molar-refractivity contribution in [2.75, 3.05) is 19.5 Å². The molecule has 4 aromatic rings. The molecule has 0 bridgehead atoms. The third-order valence-corrected chi connectivity index (χ3v) is 9.13. The Kier molecular flexibility index (Phi) is 9.25. The normalized spacial score (nSPS) is 13.8. The van der Waals surface area contributed by atoms with Gasteiger partial charge in [0.25, 0.3) is 5.91 Å². The Hall–Kier alpha value is -3.34. The van der Waals surface area contributed by atoms with Gasteiger partial charge in [0.05, 0.1) is 30.5 Å². The number of nitrogens with zero attached hydrogens (tertiary/aromatic N) is 2. The fraction of sp³-hybridized carbons (Fsp3) is 0.367. The van der Waals surface area contributed by atoms with Crippen LogP contribution in [0.15, 0.2) is 30.3 Å². The van der Waals surface area contributed by atoms with Gasteiger partial charge in [-0.15, -0.1) is 11.3 Å². The maximum absolute atomic E-state index is 14.8. The van der Waals surface area contributed by atoms with E-state index in [0.29, 0.717) is 44.2 Å². The van der Waals surface area contributed by atoms with Crippen LogP contribution < -0.4 is 14.8 Å². The Morgan fingerprint density at radius 3 is 2.52 bits per heavy atom. The number of hydrogen-bond donors (Lipinski definition) is 2. The van der Waals surface area contributed by atoms with Gasteiger partial charge in [0, 0.05) is 26.9 Å². The number of aromatic nitrogens is 2. The largest absolute Gasteiger partial charge is 0.496 e. The molecule has 2 heterocycles. The van der Waals surface area contributed by atoms with Crippen molar-refractivity contribution in [2.24, 2.45) is 5.92 Å². The number of carbonyl (C=O) groups is 2. The standard InChI is InChI=1S/C30H30Cl2FN3O5S/c1-40-23-14-20(32)24(41-2)13-19(23)27-25(9-8-16-6-4-3-5-7-16)42-30(34-27)35-29(39)22-11-17-10-18(31)12-21(33)28(17)36(22)15-26(37)38/h10-14,16H,3-9,15H2,1-2H3,(H,37,38)(H,34,35,39). The molecule has 1 aliphatic rings. The molecule has 1 fully saturated rings. The van der Waals surface area contributed by atoms with Crippen molar-refractivity contribution in [3.63, 3.8) is 0 Å². The molecule has 1 aliphatic carbocycles. The molecule has 42 heavy (non-hydrogen) atoms. The number of nitrogens with one attached hydrogen (secondary N) is 1. The summed E-state index contributed by atoms with van der Waals surface area (Å²) in [4.78, 5) is 30.9. The number of benzene rings is 2. The van der Waals surface area contributed by atoms with E-state index in [4.69, 9.17) is 37.7 Å². The van der Waals surface area contributed by atoms with Crippen LogP contribution >= 0.6 is 34.5 Å². The van der Waals surface area contributed by atoms with E-state index < -0.39 is 24.2 Å². The fourth-order valence-corrected chi connectivity index (χ4v) is 7.05. The predicted molar refractivity (Wildman–Crippen MR) is 163 cm³/mol. The summed E-state index contributed by atoms with van der Waals surface area (Å²) in [7, 11) is 3.07. The van der Waals surface area contributed by atoms with Gasteiger partial charge in [0.1, 0.15) is 29.6 Å². The average Bonchev–Trinajstić information content (AvgIpc) is 3.52. The number of methoxy groups -OCH3 is 2. The van der Waals surface area contributed by atoms with Crippen molar-refractivity contribution in [2.45, 2.75) is 51.5 Å². The highest BCUT2D eigenvalue weighted by Gasteiger charge is 2.25.